The number of hydrazone groups is 1. The number of hydrogen-bond donors (Lipinski definition) is 1. The van der Waals surface area contributed by atoms with E-state index in [1.54, 1.807) is 34.1 Å². The molecule has 0 saturated carbocycles. The number of carbonyl (C=O) groups is 2. The molecule has 37 heavy (non-hydrogen) atoms. The summed E-state index contributed by atoms with van der Waals surface area (Å²) in [7, 11) is 3.45. The van der Waals surface area contributed by atoms with Crippen molar-refractivity contribution in [2.45, 2.75) is 24.2 Å². The van der Waals surface area contributed by atoms with Gasteiger partial charge in [0, 0.05) is 13.5 Å². The van der Waals surface area contributed by atoms with Gasteiger partial charge in [0.25, 0.3) is 11.8 Å². The van der Waals surface area contributed by atoms with E-state index in [1.165, 1.54) is 23.1 Å². The van der Waals surface area contributed by atoms with Crippen molar-refractivity contribution in [1.82, 2.24) is 25.1 Å². The van der Waals surface area contributed by atoms with Gasteiger partial charge in [0.1, 0.15) is 5.75 Å². The largest absolute Gasteiger partial charge is 0.497 e. The van der Waals surface area contributed by atoms with Crippen molar-refractivity contribution in [3.05, 3.63) is 80.4 Å². The molecule has 12 heteroatoms. The number of carbonyl (C=O) groups excluding carboxylic acids is 2. The van der Waals surface area contributed by atoms with Crippen LogP contribution in [0.2, 0.25) is 0 Å². The summed E-state index contributed by atoms with van der Waals surface area (Å²) in [6.45, 7) is 0.245. The first kappa shape index (κ1) is 25.2. The van der Waals surface area contributed by atoms with Crippen LogP contribution in [0, 0.1) is 0 Å². The summed E-state index contributed by atoms with van der Waals surface area (Å²) in [5, 5.41) is 22.0. The Hall–Kier alpha value is -3.48. The third-order valence-electron chi connectivity index (χ3n) is 5.87. The number of rotatable bonds is 9. The van der Waals surface area contributed by atoms with E-state index in [-0.39, 0.29) is 30.2 Å². The molecule has 1 atom stereocenters. The standard InChI is InChI=1S/C25H24N6O3S3/c1-30-22(14-26-24(33)21-6-4-12-36-21)27-28-25(30)37-15-23(32)31-19(16-7-9-17(34-2)10-8-16)13-18(29-31)20-5-3-11-35-20/h3-12,19H,13-15H2,1-2H3,(H,26,33)/t19-/m1/s1. The number of hydrogen-bond acceptors (Lipinski definition) is 9. The second-order valence-corrected chi connectivity index (χ2v) is 11.0. The van der Waals surface area contributed by atoms with Gasteiger partial charge in [0.05, 0.1) is 40.9 Å². The van der Waals surface area contributed by atoms with Gasteiger partial charge in [-0.15, -0.1) is 32.9 Å². The van der Waals surface area contributed by atoms with Gasteiger partial charge in [-0.25, -0.2) is 5.01 Å². The Bertz CT molecular complexity index is 1400. The minimum atomic E-state index is -0.196. The minimum Gasteiger partial charge on any atom is -0.497 e. The van der Waals surface area contributed by atoms with E-state index in [0.29, 0.717) is 22.3 Å². The average Bonchev–Trinajstić information content (AvgIpc) is 3.73. The van der Waals surface area contributed by atoms with E-state index in [0.717, 1.165) is 21.9 Å². The van der Waals surface area contributed by atoms with Gasteiger partial charge >= 0.3 is 0 Å². The Morgan fingerprint density at radius 2 is 1.89 bits per heavy atom. The van der Waals surface area contributed by atoms with Gasteiger partial charge in [-0.1, -0.05) is 36.0 Å². The summed E-state index contributed by atoms with van der Waals surface area (Å²) in [4.78, 5) is 27.3. The summed E-state index contributed by atoms with van der Waals surface area (Å²) < 4.78 is 7.08. The molecule has 1 N–H and O–H groups in total. The molecular formula is C25H24N6O3S3. The highest BCUT2D eigenvalue weighted by Gasteiger charge is 2.33. The van der Waals surface area contributed by atoms with Crippen molar-refractivity contribution in [3.8, 4) is 5.75 Å². The zero-order chi connectivity index (χ0) is 25.8. The molecule has 0 spiro atoms. The van der Waals surface area contributed by atoms with E-state index >= 15 is 0 Å². The second kappa shape index (κ2) is 11.3. The molecule has 2 amide bonds. The van der Waals surface area contributed by atoms with Crippen molar-refractivity contribution < 1.29 is 14.3 Å². The predicted octanol–water partition coefficient (Wildman–Crippen LogP) is 4.35. The van der Waals surface area contributed by atoms with Crippen LogP contribution in [0.15, 0.2) is 69.5 Å². The van der Waals surface area contributed by atoms with Crippen LogP contribution in [0.3, 0.4) is 0 Å². The lowest BCUT2D eigenvalue weighted by Crippen LogP contribution is -2.28. The highest BCUT2D eigenvalue weighted by molar-refractivity contribution is 7.99. The van der Waals surface area contributed by atoms with Crippen molar-refractivity contribution in [3.63, 3.8) is 0 Å². The lowest BCUT2D eigenvalue weighted by molar-refractivity contribution is -0.130. The SMILES string of the molecule is COc1ccc([C@H]2CC(c3cccs3)=NN2C(=O)CSc2nnc(CNC(=O)c3cccs3)n2C)cc1. The van der Waals surface area contributed by atoms with Gasteiger partial charge in [-0.2, -0.15) is 5.10 Å². The van der Waals surface area contributed by atoms with E-state index < -0.39 is 0 Å². The van der Waals surface area contributed by atoms with Crippen molar-refractivity contribution >= 4 is 52.0 Å². The summed E-state index contributed by atoms with van der Waals surface area (Å²) in [6.07, 6.45) is 0.640. The van der Waals surface area contributed by atoms with Gasteiger partial charge in [0.15, 0.2) is 11.0 Å². The molecule has 4 heterocycles. The minimum absolute atomic E-state index is 0.118. The molecule has 0 unspecified atom stereocenters. The molecule has 9 nitrogen and oxygen atoms in total. The molecule has 1 aromatic carbocycles. The Balaban J connectivity index is 1.26. The zero-order valence-electron chi connectivity index (χ0n) is 20.2. The zero-order valence-corrected chi connectivity index (χ0v) is 22.6. The van der Waals surface area contributed by atoms with E-state index in [1.807, 2.05) is 60.3 Å². The van der Waals surface area contributed by atoms with Crippen LogP contribution in [-0.4, -0.2) is 50.2 Å². The van der Waals surface area contributed by atoms with E-state index in [9.17, 15) is 9.59 Å². The van der Waals surface area contributed by atoms with Gasteiger partial charge in [-0.3, -0.25) is 9.59 Å². The number of nitrogens with zero attached hydrogens (tertiary/aromatic N) is 5. The number of thioether (sulfide) groups is 1. The number of thiophene rings is 2. The third kappa shape index (κ3) is 5.60. The predicted molar refractivity (Wildman–Crippen MR) is 145 cm³/mol. The summed E-state index contributed by atoms with van der Waals surface area (Å²) in [5.74, 6) is 1.25. The fraction of sp³-hybridized carbons (Fsp3) is 0.240. The Kier molecular flexibility index (Phi) is 7.68. The summed E-state index contributed by atoms with van der Waals surface area (Å²) in [6, 6.07) is 15.2. The first-order valence-corrected chi connectivity index (χ1v) is 14.2. The first-order valence-electron chi connectivity index (χ1n) is 11.4. The van der Waals surface area contributed by atoms with Crippen LogP contribution >= 0.6 is 34.4 Å². The molecule has 4 aromatic rings. The lowest BCUT2D eigenvalue weighted by Gasteiger charge is -2.22. The fourth-order valence-electron chi connectivity index (χ4n) is 3.89. The Morgan fingerprint density at radius 3 is 2.59 bits per heavy atom. The maximum absolute atomic E-state index is 13.4. The number of nitrogens with one attached hydrogen (secondary N) is 1. The van der Waals surface area contributed by atoms with Crippen LogP contribution in [0.5, 0.6) is 5.75 Å². The van der Waals surface area contributed by atoms with Crippen molar-refractivity contribution in [2.24, 2.45) is 12.1 Å². The Labute approximate surface area is 226 Å². The fourth-order valence-corrected chi connectivity index (χ4v) is 6.03. The molecule has 1 aliphatic heterocycles. The highest BCUT2D eigenvalue weighted by atomic mass is 32.2. The molecule has 0 radical (unpaired) electrons. The highest BCUT2D eigenvalue weighted by Crippen LogP contribution is 2.35. The maximum atomic E-state index is 13.4. The molecule has 0 saturated heterocycles. The molecule has 190 valence electrons. The number of ether oxygens (including phenoxy) is 1. The van der Waals surface area contributed by atoms with Gasteiger partial charge < -0.3 is 14.6 Å². The van der Waals surface area contributed by atoms with E-state index in [2.05, 4.69) is 15.5 Å². The molecule has 5 rings (SSSR count). The number of benzene rings is 1. The quantitative estimate of drug-likeness (QED) is 0.310. The number of amides is 2. The number of aromatic nitrogens is 3. The average molecular weight is 553 g/mol. The van der Waals surface area contributed by atoms with Crippen molar-refractivity contribution in [1.29, 1.82) is 0 Å². The molecule has 0 fully saturated rings. The monoisotopic (exact) mass is 552 g/mol. The normalized spacial score (nSPS) is 15.0. The first-order chi connectivity index (χ1) is 18.0. The number of methoxy groups -OCH3 is 1. The second-order valence-electron chi connectivity index (χ2n) is 8.16. The Morgan fingerprint density at radius 1 is 1.11 bits per heavy atom. The molecule has 3 aromatic heterocycles. The van der Waals surface area contributed by atoms with Crippen LogP contribution in [0.25, 0.3) is 0 Å². The van der Waals surface area contributed by atoms with Gasteiger partial charge in [-0.05, 0) is 40.6 Å². The maximum Gasteiger partial charge on any atom is 0.261 e. The van der Waals surface area contributed by atoms with E-state index in [4.69, 9.17) is 9.84 Å². The third-order valence-corrected chi connectivity index (χ3v) is 8.67. The molecule has 0 aliphatic carbocycles. The van der Waals surface area contributed by atoms with Crippen LogP contribution < -0.4 is 10.1 Å². The molecule has 1 aliphatic rings. The van der Waals surface area contributed by atoms with Crippen LogP contribution in [0.4, 0.5) is 0 Å². The smallest absolute Gasteiger partial charge is 0.261 e. The molecule has 0 bridgehead atoms. The van der Waals surface area contributed by atoms with Crippen LogP contribution in [0.1, 0.15) is 38.4 Å². The summed E-state index contributed by atoms with van der Waals surface area (Å²) in [5.41, 5.74) is 1.90. The molecular weight excluding hydrogens is 529 g/mol. The van der Waals surface area contributed by atoms with Crippen molar-refractivity contribution in [2.75, 3.05) is 12.9 Å². The lowest BCUT2D eigenvalue weighted by atomic mass is 10.0. The topological polar surface area (TPSA) is 102 Å². The van der Waals surface area contributed by atoms with Gasteiger partial charge in [0.2, 0.25) is 0 Å². The summed E-state index contributed by atoms with van der Waals surface area (Å²) >= 11 is 4.29. The van der Waals surface area contributed by atoms with Crippen LogP contribution in [-0.2, 0) is 18.4 Å².